The van der Waals surface area contributed by atoms with Gasteiger partial charge in [-0.15, -0.1) is 0 Å². The van der Waals surface area contributed by atoms with Crippen molar-refractivity contribution in [2.24, 2.45) is 5.92 Å². The molecule has 2 atom stereocenters. The van der Waals surface area contributed by atoms with Crippen LogP contribution >= 0.6 is 11.6 Å². The minimum atomic E-state index is -0.00514. The van der Waals surface area contributed by atoms with Gasteiger partial charge in [-0.2, -0.15) is 0 Å². The molecule has 1 fully saturated rings. The van der Waals surface area contributed by atoms with Crippen LogP contribution in [-0.4, -0.2) is 10.9 Å². The highest BCUT2D eigenvalue weighted by Crippen LogP contribution is 2.47. The van der Waals surface area contributed by atoms with E-state index in [-0.39, 0.29) is 11.8 Å². The van der Waals surface area contributed by atoms with E-state index in [1.807, 2.05) is 18.2 Å². The molecule has 0 spiro atoms. The molecular weight excluding hydrogens is 260 g/mol. The molecule has 1 N–H and O–H groups in total. The third kappa shape index (κ3) is 2.61. The molecule has 0 radical (unpaired) electrons. The molecule has 0 bridgehead atoms. The van der Waals surface area contributed by atoms with Crippen LogP contribution < -0.4 is 5.32 Å². The van der Waals surface area contributed by atoms with Crippen LogP contribution in [0.15, 0.2) is 48.7 Å². The molecule has 0 aliphatic heterocycles. The first-order valence-corrected chi connectivity index (χ1v) is 6.60. The highest BCUT2D eigenvalue weighted by atomic mass is 35.5. The lowest BCUT2D eigenvalue weighted by Crippen LogP contribution is -2.15. The van der Waals surface area contributed by atoms with Crippen molar-refractivity contribution in [2.45, 2.75) is 12.3 Å². The Morgan fingerprint density at radius 1 is 1.21 bits per heavy atom. The molecule has 1 aliphatic carbocycles. The van der Waals surface area contributed by atoms with Crippen LogP contribution in [0.1, 0.15) is 17.9 Å². The van der Waals surface area contributed by atoms with Crippen molar-refractivity contribution in [1.82, 2.24) is 4.98 Å². The summed E-state index contributed by atoms with van der Waals surface area (Å²) in [6.07, 6.45) is 2.50. The van der Waals surface area contributed by atoms with Crippen molar-refractivity contribution in [3.05, 3.63) is 59.2 Å². The van der Waals surface area contributed by atoms with Gasteiger partial charge in [0, 0.05) is 12.1 Å². The zero-order valence-electron chi connectivity index (χ0n) is 10.2. The second-order valence-corrected chi connectivity index (χ2v) is 5.09. The molecular formula is C15H13ClN2O. The van der Waals surface area contributed by atoms with Gasteiger partial charge >= 0.3 is 0 Å². The molecule has 0 saturated heterocycles. The second kappa shape index (κ2) is 5.02. The Morgan fingerprint density at radius 3 is 2.74 bits per heavy atom. The molecule has 1 aromatic heterocycles. The van der Waals surface area contributed by atoms with Crippen LogP contribution in [0, 0.1) is 5.92 Å². The van der Waals surface area contributed by atoms with Crippen LogP contribution in [-0.2, 0) is 4.79 Å². The van der Waals surface area contributed by atoms with Gasteiger partial charge in [0.05, 0.1) is 5.02 Å². The molecule has 3 rings (SSSR count). The van der Waals surface area contributed by atoms with Crippen molar-refractivity contribution < 1.29 is 4.79 Å². The van der Waals surface area contributed by atoms with Crippen LogP contribution in [0.3, 0.4) is 0 Å². The van der Waals surface area contributed by atoms with Gasteiger partial charge in [-0.25, -0.2) is 4.98 Å². The third-order valence-corrected chi connectivity index (χ3v) is 3.66. The number of amides is 1. The summed E-state index contributed by atoms with van der Waals surface area (Å²) >= 11 is 5.97. The summed E-state index contributed by atoms with van der Waals surface area (Å²) < 4.78 is 0. The summed E-state index contributed by atoms with van der Waals surface area (Å²) in [6.45, 7) is 0. The number of pyridine rings is 1. The van der Waals surface area contributed by atoms with E-state index in [9.17, 15) is 4.79 Å². The molecule has 1 amide bonds. The normalized spacial score (nSPS) is 20.9. The Bertz CT molecular complexity index is 600. The average molecular weight is 273 g/mol. The fraction of sp³-hybridized carbons (Fsp3) is 0.200. The van der Waals surface area contributed by atoms with Crippen molar-refractivity contribution in [3.63, 3.8) is 0 Å². The van der Waals surface area contributed by atoms with E-state index in [4.69, 9.17) is 11.6 Å². The van der Waals surface area contributed by atoms with Gasteiger partial charge in [0.2, 0.25) is 5.91 Å². The SMILES string of the molecule is O=C(Nc1ncccc1Cl)C1CC1c1ccccc1. The van der Waals surface area contributed by atoms with E-state index in [0.29, 0.717) is 16.8 Å². The predicted octanol–water partition coefficient (Wildman–Crippen LogP) is 3.48. The Balaban J connectivity index is 1.66. The molecule has 2 aromatic rings. The number of hydrogen-bond donors (Lipinski definition) is 1. The van der Waals surface area contributed by atoms with Gasteiger partial charge < -0.3 is 5.32 Å². The van der Waals surface area contributed by atoms with Crippen molar-refractivity contribution in [3.8, 4) is 0 Å². The molecule has 1 aliphatic rings. The number of anilines is 1. The van der Waals surface area contributed by atoms with E-state index in [0.717, 1.165) is 6.42 Å². The maximum atomic E-state index is 12.1. The number of aromatic nitrogens is 1. The molecule has 1 aromatic carbocycles. The summed E-state index contributed by atoms with van der Waals surface area (Å²) in [5, 5.41) is 3.26. The Hall–Kier alpha value is -1.87. The molecule has 96 valence electrons. The number of hydrogen-bond acceptors (Lipinski definition) is 2. The highest BCUT2D eigenvalue weighted by Gasteiger charge is 2.43. The molecule has 2 unspecified atom stereocenters. The van der Waals surface area contributed by atoms with Gasteiger partial charge in [0.25, 0.3) is 0 Å². The maximum absolute atomic E-state index is 12.1. The van der Waals surface area contributed by atoms with Crippen LogP contribution in [0.2, 0.25) is 5.02 Å². The summed E-state index contributed by atoms with van der Waals surface area (Å²) in [5.41, 5.74) is 1.22. The van der Waals surface area contributed by atoms with Crippen molar-refractivity contribution in [1.29, 1.82) is 0 Å². The summed E-state index contributed by atoms with van der Waals surface area (Å²) in [6, 6.07) is 13.6. The lowest BCUT2D eigenvalue weighted by atomic mass is 10.1. The van der Waals surface area contributed by atoms with Gasteiger partial charge in [-0.05, 0) is 30.0 Å². The van der Waals surface area contributed by atoms with Crippen molar-refractivity contribution >= 4 is 23.3 Å². The largest absolute Gasteiger partial charge is 0.309 e. The molecule has 3 nitrogen and oxygen atoms in total. The predicted molar refractivity (Wildman–Crippen MR) is 75.2 cm³/mol. The average Bonchev–Trinajstić information content (AvgIpc) is 3.23. The van der Waals surface area contributed by atoms with Gasteiger partial charge in [0.1, 0.15) is 0 Å². The number of rotatable bonds is 3. The van der Waals surface area contributed by atoms with Crippen LogP contribution in [0.5, 0.6) is 0 Å². The summed E-state index contributed by atoms with van der Waals surface area (Å²) in [4.78, 5) is 16.2. The van der Waals surface area contributed by atoms with E-state index in [1.165, 1.54) is 5.56 Å². The molecule has 19 heavy (non-hydrogen) atoms. The number of nitrogens with zero attached hydrogens (tertiary/aromatic N) is 1. The Labute approximate surface area is 116 Å². The number of carbonyl (C=O) groups excluding carboxylic acids is 1. The minimum absolute atomic E-state index is 0.00514. The second-order valence-electron chi connectivity index (χ2n) is 4.68. The molecule has 1 heterocycles. The fourth-order valence-electron chi connectivity index (χ4n) is 2.24. The first kappa shape index (κ1) is 12.2. The van der Waals surface area contributed by atoms with Gasteiger partial charge in [-0.3, -0.25) is 4.79 Å². The smallest absolute Gasteiger partial charge is 0.229 e. The van der Waals surface area contributed by atoms with Crippen molar-refractivity contribution in [2.75, 3.05) is 5.32 Å². The number of benzene rings is 1. The first-order valence-electron chi connectivity index (χ1n) is 6.22. The minimum Gasteiger partial charge on any atom is -0.309 e. The van der Waals surface area contributed by atoms with E-state index < -0.39 is 0 Å². The van der Waals surface area contributed by atoms with E-state index in [2.05, 4.69) is 22.4 Å². The van der Waals surface area contributed by atoms with E-state index in [1.54, 1.807) is 18.3 Å². The van der Waals surface area contributed by atoms with Gasteiger partial charge in [0.15, 0.2) is 5.82 Å². The lowest BCUT2D eigenvalue weighted by molar-refractivity contribution is -0.117. The van der Waals surface area contributed by atoms with Crippen LogP contribution in [0.25, 0.3) is 0 Å². The Kier molecular flexibility index (Phi) is 3.22. The standard InChI is InChI=1S/C15H13ClN2O/c16-13-7-4-8-17-14(13)18-15(19)12-9-11(12)10-5-2-1-3-6-10/h1-8,11-12H,9H2,(H,17,18,19). The first-order chi connectivity index (χ1) is 9.25. The summed E-state index contributed by atoms with van der Waals surface area (Å²) in [5.74, 6) is 0.784. The topological polar surface area (TPSA) is 42.0 Å². The zero-order chi connectivity index (χ0) is 13.2. The highest BCUT2D eigenvalue weighted by molar-refractivity contribution is 6.33. The quantitative estimate of drug-likeness (QED) is 0.929. The number of carbonyl (C=O) groups is 1. The summed E-state index contributed by atoms with van der Waals surface area (Å²) in [7, 11) is 0. The lowest BCUT2D eigenvalue weighted by Gasteiger charge is -2.05. The Morgan fingerprint density at radius 2 is 2.00 bits per heavy atom. The fourth-order valence-corrected chi connectivity index (χ4v) is 2.41. The monoisotopic (exact) mass is 272 g/mol. The number of nitrogens with one attached hydrogen (secondary N) is 1. The van der Waals surface area contributed by atoms with E-state index >= 15 is 0 Å². The van der Waals surface area contributed by atoms with Crippen LogP contribution in [0.4, 0.5) is 5.82 Å². The third-order valence-electron chi connectivity index (χ3n) is 3.36. The molecule has 4 heteroatoms. The van der Waals surface area contributed by atoms with Gasteiger partial charge in [-0.1, -0.05) is 41.9 Å². The zero-order valence-corrected chi connectivity index (χ0v) is 11.0. The maximum Gasteiger partial charge on any atom is 0.229 e. The number of halogens is 1. The molecule has 1 saturated carbocycles.